The highest BCUT2D eigenvalue weighted by molar-refractivity contribution is 4.78. The van der Waals surface area contributed by atoms with E-state index in [1.54, 1.807) is 10.3 Å². The molecule has 1 rings (SSSR count). The van der Waals surface area contributed by atoms with Crippen molar-refractivity contribution in [1.29, 1.82) is 0 Å². The molecule has 3 N–H and O–H groups in total. The minimum absolute atomic E-state index is 0.107. The van der Waals surface area contributed by atoms with Gasteiger partial charge in [0.1, 0.15) is 0 Å². The van der Waals surface area contributed by atoms with Crippen LogP contribution in [0.1, 0.15) is 0 Å². The molecule has 0 spiro atoms. The Morgan fingerprint density at radius 3 is 2.40 bits per heavy atom. The monoisotopic (exact) mass is 145 g/mol. The lowest BCUT2D eigenvalue weighted by Gasteiger charge is -1.89. The van der Waals surface area contributed by atoms with Crippen molar-refractivity contribution in [2.24, 2.45) is 0 Å². The molecule has 0 atom stereocenters. The van der Waals surface area contributed by atoms with Crippen molar-refractivity contribution in [3.8, 4) is 0 Å². The minimum Gasteiger partial charge on any atom is -0.409 e. The van der Waals surface area contributed by atoms with E-state index in [4.69, 9.17) is 5.21 Å². The Morgan fingerprint density at radius 2 is 1.90 bits per heavy atom. The molecule has 0 aliphatic rings. The van der Waals surface area contributed by atoms with Gasteiger partial charge < -0.3 is 5.21 Å². The Hall–Kier alpha value is -1.79. The van der Waals surface area contributed by atoms with Gasteiger partial charge in [0.25, 0.3) is 0 Å². The summed E-state index contributed by atoms with van der Waals surface area (Å²) in [7, 11) is 0. The lowest BCUT2D eigenvalue weighted by molar-refractivity contribution is 0.122. The van der Waals surface area contributed by atoms with Crippen molar-refractivity contribution < 1.29 is 5.21 Å². The first kappa shape index (κ1) is 6.33. The van der Waals surface area contributed by atoms with Crippen molar-refractivity contribution in [2.45, 2.75) is 0 Å². The van der Waals surface area contributed by atoms with Gasteiger partial charge in [-0.25, -0.2) is 10.3 Å². The largest absolute Gasteiger partial charge is 0.409 e. The Morgan fingerprint density at radius 1 is 1.30 bits per heavy atom. The van der Waals surface area contributed by atoms with Crippen molar-refractivity contribution in [1.82, 2.24) is 15.2 Å². The third-order valence-corrected chi connectivity index (χ3v) is 0.868. The van der Waals surface area contributed by atoms with Crippen LogP contribution in [0.4, 0.5) is 0 Å². The molecule has 0 aliphatic carbocycles. The number of aromatic nitrogens is 3. The van der Waals surface area contributed by atoms with E-state index in [1.165, 1.54) is 0 Å². The van der Waals surface area contributed by atoms with Crippen LogP contribution in [-0.2, 0) is 0 Å². The molecule has 1 heterocycles. The van der Waals surface area contributed by atoms with E-state index in [0.29, 0.717) is 0 Å². The molecule has 0 amide bonds. The summed E-state index contributed by atoms with van der Waals surface area (Å²) in [6.45, 7) is 0. The standard InChI is InChI=1S/C3H3N3O4/c7-1-2(8)4-5-6(10)3(1)9/h5,10H,(H,4,8). The lowest BCUT2D eigenvalue weighted by Crippen LogP contribution is -2.46. The molecule has 0 radical (unpaired) electrons. The second-order valence-corrected chi connectivity index (χ2v) is 1.51. The Kier molecular flexibility index (Phi) is 1.18. The third kappa shape index (κ3) is 0.729. The molecule has 10 heavy (non-hydrogen) atoms. The molecular weight excluding hydrogens is 142 g/mol. The lowest BCUT2D eigenvalue weighted by atomic mass is 10.6. The van der Waals surface area contributed by atoms with Crippen molar-refractivity contribution in [3.05, 3.63) is 30.9 Å². The van der Waals surface area contributed by atoms with Crippen molar-refractivity contribution in [3.63, 3.8) is 0 Å². The van der Waals surface area contributed by atoms with Crippen molar-refractivity contribution >= 4 is 0 Å². The van der Waals surface area contributed by atoms with Crippen LogP contribution >= 0.6 is 0 Å². The molecule has 1 aromatic rings. The van der Waals surface area contributed by atoms with E-state index in [0.717, 1.165) is 0 Å². The van der Waals surface area contributed by atoms with Gasteiger partial charge in [-0.15, -0.1) is 0 Å². The predicted octanol–water partition coefficient (Wildman–Crippen LogP) is -2.54. The Labute approximate surface area is 52.5 Å². The zero-order chi connectivity index (χ0) is 7.72. The molecule has 0 unspecified atom stereocenters. The van der Waals surface area contributed by atoms with E-state index in [1.807, 2.05) is 0 Å². The van der Waals surface area contributed by atoms with Crippen LogP contribution in [0.5, 0.6) is 0 Å². The first-order chi connectivity index (χ1) is 4.63. The molecule has 0 aromatic carbocycles. The number of hydrogen-bond acceptors (Lipinski definition) is 4. The molecule has 0 fully saturated rings. The van der Waals surface area contributed by atoms with E-state index in [-0.39, 0.29) is 4.85 Å². The molecular formula is C3H3N3O4. The van der Waals surface area contributed by atoms with E-state index < -0.39 is 16.5 Å². The fraction of sp³-hybridized carbons (Fsp3) is 0. The van der Waals surface area contributed by atoms with Gasteiger partial charge in [-0.2, -0.15) is 0 Å². The third-order valence-electron chi connectivity index (χ3n) is 0.868. The van der Waals surface area contributed by atoms with Gasteiger partial charge in [0, 0.05) is 0 Å². The maximum Gasteiger partial charge on any atom is 0.354 e. The number of nitrogens with zero attached hydrogens (tertiary/aromatic N) is 1. The summed E-state index contributed by atoms with van der Waals surface area (Å²) in [6, 6.07) is 0. The van der Waals surface area contributed by atoms with Crippen LogP contribution in [0.25, 0.3) is 0 Å². The molecule has 54 valence electrons. The molecule has 0 saturated heterocycles. The summed E-state index contributed by atoms with van der Waals surface area (Å²) in [6.07, 6.45) is 0. The minimum atomic E-state index is -1.30. The van der Waals surface area contributed by atoms with Gasteiger partial charge >= 0.3 is 16.5 Å². The topological polar surface area (TPSA) is 108 Å². The zero-order valence-electron chi connectivity index (χ0n) is 4.62. The van der Waals surface area contributed by atoms with Gasteiger partial charge in [0.2, 0.25) is 0 Å². The maximum atomic E-state index is 10.3. The van der Waals surface area contributed by atoms with Crippen LogP contribution in [0.3, 0.4) is 0 Å². The smallest absolute Gasteiger partial charge is 0.354 e. The second-order valence-electron chi connectivity index (χ2n) is 1.51. The van der Waals surface area contributed by atoms with Crippen LogP contribution in [0.15, 0.2) is 14.4 Å². The Bertz CT molecular complexity index is 395. The first-order valence-electron chi connectivity index (χ1n) is 2.26. The molecule has 0 bridgehead atoms. The normalized spacial score (nSPS) is 9.60. The number of aromatic amines is 2. The van der Waals surface area contributed by atoms with E-state index in [9.17, 15) is 14.4 Å². The second kappa shape index (κ2) is 1.87. The first-order valence-corrected chi connectivity index (χ1v) is 2.26. The molecule has 0 aliphatic heterocycles. The van der Waals surface area contributed by atoms with Crippen molar-refractivity contribution in [2.75, 3.05) is 0 Å². The predicted molar refractivity (Wildman–Crippen MR) is 29.1 cm³/mol. The van der Waals surface area contributed by atoms with E-state index in [2.05, 4.69) is 0 Å². The molecule has 1 aromatic heterocycles. The highest BCUT2D eigenvalue weighted by Gasteiger charge is 2.00. The summed E-state index contributed by atoms with van der Waals surface area (Å²) in [4.78, 5) is 30.8. The SMILES string of the molecule is O=c1[nH][nH]n(O)c(=O)c1=O. The highest BCUT2D eigenvalue weighted by Crippen LogP contribution is 1.42. The average Bonchev–Trinajstić information content (AvgIpc) is 1.93. The van der Waals surface area contributed by atoms with Crippen LogP contribution in [0, 0.1) is 0 Å². The number of H-pyrrole nitrogens is 2. The van der Waals surface area contributed by atoms with Gasteiger partial charge in [-0.3, -0.25) is 14.4 Å². The summed E-state index contributed by atoms with van der Waals surface area (Å²) in [5.41, 5.74) is -3.69. The number of hydrogen-bond donors (Lipinski definition) is 3. The average molecular weight is 145 g/mol. The zero-order valence-corrected chi connectivity index (χ0v) is 4.62. The molecule has 0 saturated carbocycles. The van der Waals surface area contributed by atoms with Crippen LogP contribution < -0.4 is 16.5 Å². The quantitative estimate of drug-likeness (QED) is 0.276. The van der Waals surface area contributed by atoms with Gasteiger partial charge in [0.05, 0.1) is 0 Å². The number of rotatable bonds is 0. The van der Waals surface area contributed by atoms with Gasteiger partial charge in [-0.1, -0.05) is 4.85 Å². The van der Waals surface area contributed by atoms with Gasteiger partial charge in [0.15, 0.2) is 0 Å². The van der Waals surface area contributed by atoms with Gasteiger partial charge in [-0.05, 0) is 0 Å². The maximum absolute atomic E-state index is 10.3. The van der Waals surface area contributed by atoms with E-state index >= 15 is 0 Å². The number of nitrogens with one attached hydrogen (secondary N) is 2. The fourth-order valence-corrected chi connectivity index (χ4v) is 0.405. The van der Waals surface area contributed by atoms with Crippen LogP contribution in [0.2, 0.25) is 0 Å². The summed E-state index contributed by atoms with van der Waals surface area (Å²) in [5.74, 6) is 0. The summed E-state index contributed by atoms with van der Waals surface area (Å²) < 4.78 is 0. The highest BCUT2D eigenvalue weighted by atomic mass is 16.5. The summed E-state index contributed by atoms with van der Waals surface area (Å²) >= 11 is 0. The molecule has 7 nitrogen and oxygen atoms in total. The Balaban J connectivity index is 3.85. The molecule has 7 heteroatoms. The summed E-state index contributed by atoms with van der Waals surface area (Å²) in [5, 5.41) is 11.9. The fourth-order valence-electron chi connectivity index (χ4n) is 0.405. The van der Waals surface area contributed by atoms with Crippen LogP contribution in [-0.4, -0.2) is 20.4 Å².